The highest BCUT2D eigenvalue weighted by Crippen LogP contribution is 2.23. The number of amides is 1. The molecule has 0 radical (unpaired) electrons. The highest BCUT2D eigenvalue weighted by Gasteiger charge is 2.14. The number of benzene rings is 3. The van der Waals surface area contributed by atoms with E-state index in [2.05, 4.69) is 10.3 Å². The van der Waals surface area contributed by atoms with Crippen molar-refractivity contribution < 1.29 is 4.79 Å². The molecule has 7 nitrogen and oxygen atoms in total. The van der Waals surface area contributed by atoms with E-state index in [-0.39, 0.29) is 24.6 Å². The molecular formula is C26H21N5O2. The van der Waals surface area contributed by atoms with Crippen molar-refractivity contribution in [2.45, 2.75) is 13.1 Å². The number of aromatic nitrogens is 4. The highest BCUT2D eigenvalue weighted by atomic mass is 16.2. The zero-order valence-electron chi connectivity index (χ0n) is 17.8. The smallest absolute Gasteiger partial charge is 0.269 e. The van der Waals surface area contributed by atoms with Crippen LogP contribution in [0.2, 0.25) is 0 Å². The highest BCUT2D eigenvalue weighted by molar-refractivity contribution is 5.80. The van der Waals surface area contributed by atoms with Crippen LogP contribution >= 0.6 is 0 Å². The summed E-state index contributed by atoms with van der Waals surface area (Å²) in [5.41, 5.74) is 4.56. The minimum absolute atomic E-state index is 0.0879. The minimum Gasteiger partial charge on any atom is -0.350 e. The summed E-state index contributed by atoms with van der Waals surface area (Å²) >= 11 is 0. The van der Waals surface area contributed by atoms with Crippen molar-refractivity contribution in [1.82, 2.24) is 24.6 Å². The summed E-state index contributed by atoms with van der Waals surface area (Å²) in [7, 11) is 0. The summed E-state index contributed by atoms with van der Waals surface area (Å²) in [5, 5.41) is 7.71. The third-order valence-electron chi connectivity index (χ3n) is 5.39. The lowest BCUT2D eigenvalue weighted by Crippen LogP contribution is -2.32. The van der Waals surface area contributed by atoms with Gasteiger partial charge in [0.25, 0.3) is 5.56 Å². The van der Waals surface area contributed by atoms with Crippen LogP contribution in [0.3, 0.4) is 0 Å². The Morgan fingerprint density at radius 1 is 0.879 bits per heavy atom. The van der Waals surface area contributed by atoms with Crippen molar-refractivity contribution in [2.24, 2.45) is 0 Å². The Hall–Kier alpha value is -4.52. The summed E-state index contributed by atoms with van der Waals surface area (Å²) in [4.78, 5) is 29.3. The van der Waals surface area contributed by atoms with Gasteiger partial charge in [0.15, 0.2) is 0 Å². The predicted octanol–water partition coefficient (Wildman–Crippen LogP) is 3.57. The molecule has 0 spiro atoms. The summed E-state index contributed by atoms with van der Waals surface area (Å²) in [6.07, 6.45) is 3.17. The summed E-state index contributed by atoms with van der Waals surface area (Å²) < 4.78 is 3.24. The Morgan fingerprint density at radius 3 is 2.36 bits per heavy atom. The van der Waals surface area contributed by atoms with Gasteiger partial charge in [0.05, 0.1) is 28.6 Å². The molecular weight excluding hydrogens is 414 g/mol. The third-order valence-corrected chi connectivity index (χ3v) is 5.39. The van der Waals surface area contributed by atoms with Crippen molar-refractivity contribution in [3.8, 4) is 16.9 Å². The predicted molar refractivity (Wildman–Crippen MR) is 127 cm³/mol. The molecule has 2 heterocycles. The standard InChI is InChI=1S/C26H21N5O2/c32-24(18-30-23-14-8-7-13-22(23)27-16-25(30)33)28-15-20-17-31(21-11-5-2-6-12-21)29-26(20)19-9-3-1-4-10-19/h1-14,16-17H,15,18H2,(H,28,32). The molecule has 3 aromatic carbocycles. The van der Waals surface area contributed by atoms with Gasteiger partial charge in [-0.15, -0.1) is 0 Å². The summed E-state index contributed by atoms with van der Waals surface area (Å²) in [6.45, 7) is 0.197. The zero-order chi connectivity index (χ0) is 22.6. The van der Waals surface area contributed by atoms with Crippen molar-refractivity contribution >= 4 is 16.9 Å². The largest absolute Gasteiger partial charge is 0.350 e. The molecule has 0 bridgehead atoms. The Kier molecular flexibility index (Phi) is 5.51. The number of para-hydroxylation sites is 3. The van der Waals surface area contributed by atoms with Crippen LogP contribution in [-0.4, -0.2) is 25.2 Å². The van der Waals surface area contributed by atoms with Crippen LogP contribution in [0.4, 0.5) is 0 Å². The van der Waals surface area contributed by atoms with Gasteiger partial charge in [0, 0.05) is 23.9 Å². The van der Waals surface area contributed by atoms with E-state index in [0.29, 0.717) is 11.0 Å². The number of rotatable bonds is 6. The maximum absolute atomic E-state index is 12.8. The number of carbonyl (C=O) groups excluding carboxylic acids is 1. The van der Waals surface area contributed by atoms with Gasteiger partial charge < -0.3 is 5.32 Å². The first kappa shape index (κ1) is 20.4. The topological polar surface area (TPSA) is 81.8 Å². The average Bonchev–Trinajstić information content (AvgIpc) is 3.30. The molecule has 1 N–H and O–H groups in total. The van der Waals surface area contributed by atoms with Crippen LogP contribution < -0.4 is 10.9 Å². The summed E-state index contributed by atoms with van der Waals surface area (Å²) in [5.74, 6) is -0.264. The second-order valence-electron chi connectivity index (χ2n) is 7.60. The second-order valence-corrected chi connectivity index (χ2v) is 7.60. The molecule has 0 aliphatic heterocycles. The first-order valence-corrected chi connectivity index (χ1v) is 10.6. The maximum atomic E-state index is 12.8. The van der Waals surface area contributed by atoms with Gasteiger partial charge in [-0.25, -0.2) is 9.67 Å². The Balaban J connectivity index is 1.41. The van der Waals surface area contributed by atoms with Crippen LogP contribution in [-0.2, 0) is 17.9 Å². The zero-order valence-corrected chi connectivity index (χ0v) is 17.8. The van der Waals surface area contributed by atoms with E-state index in [1.54, 1.807) is 6.07 Å². The lowest BCUT2D eigenvalue weighted by atomic mass is 10.1. The van der Waals surface area contributed by atoms with E-state index in [4.69, 9.17) is 5.10 Å². The van der Waals surface area contributed by atoms with Gasteiger partial charge in [-0.05, 0) is 24.3 Å². The number of hydrogen-bond donors (Lipinski definition) is 1. The lowest BCUT2D eigenvalue weighted by Gasteiger charge is -2.10. The number of nitrogens with one attached hydrogen (secondary N) is 1. The SMILES string of the molecule is O=C(Cn1c(=O)cnc2ccccc21)NCc1cn(-c2ccccc2)nc1-c1ccccc1. The fourth-order valence-corrected chi connectivity index (χ4v) is 3.76. The van der Waals surface area contributed by atoms with Gasteiger partial charge in [0.1, 0.15) is 6.54 Å². The van der Waals surface area contributed by atoms with Crippen LogP contribution in [0.15, 0.2) is 102 Å². The molecule has 1 amide bonds. The lowest BCUT2D eigenvalue weighted by molar-refractivity contribution is -0.121. The van der Waals surface area contributed by atoms with Gasteiger partial charge in [-0.1, -0.05) is 60.7 Å². The van der Waals surface area contributed by atoms with Crippen LogP contribution in [0.1, 0.15) is 5.56 Å². The average molecular weight is 435 g/mol. The van der Waals surface area contributed by atoms with Crippen LogP contribution in [0, 0.1) is 0 Å². The quantitative estimate of drug-likeness (QED) is 0.442. The van der Waals surface area contributed by atoms with Gasteiger partial charge in [-0.3, -0.25) is 14.2 Å². The Labute approximate surface area is 190 Å². The third kappa shape index (κ3) is 4.29. The fraction of sp³-hybridized carbons (Fsp3) is 0.0769. The number of nitrogens with zero attached hydrogens (tertiary/aromatic N) is 4. The Bertz CT molecular complexity index is 1470. The van der Waals surface area contributed by atoms with Crippen molar-refractivity contribution in [1.29, 1.82) is 0 Å². The van der Waals surface area contributed by atoms with Crippen molar-refractivity contribution in [2.75, 3.05) is 0 Å². The van der Waals surface area contributed by atoms with E-state index in [9.17, 15) is 9.59 Å². The normalized spacial score (nSPS) is 10.9. The van der Waals surface area contributed by atoms with Gasteiger partial charge >= 0.3 is 0 Å². The molecule has 5 aromatic rings. The Morgan fingerprint density at radius 2 is 1.58 bits per heavy atom. The number of fused-ring (bicyclic) bond motifs is 1. The number of carbonyl (C=O) groups is 1. The molecule has 7 heteroatoms. The molecule has 0 fully saturated rings. The molecule has 0 unspecified atom stereocenters. The van der Waals surface area contributed by atoms with E-state index in [0.717, 1.165) is 22.5 Å². The molecule has 0 atom stereocenters. The van der Waals surface area contributed by atoms with Gasteiger partial charge in [0.2, 0.25) is 5.91 Å². The minimum atomic E-state index is -0.314. The molecule has 2 aromatic heterocycles. The van der Waals surface area contributed by atoms with Crippen LogP contribution in [0.5, 0.6) is 0 Å². The van der Waals surface area contributed by atoms with Crippen molar-refractivity contribution in [3.63, 3.8) is 0 Å². The van der Waals surface area contributed by atoms with Gasteiger partial charge in [-0.2, -0.15) is 5.10 Å². The van der Waals surface area contributed by atoms with E-state index in [1.807, 2.05) is 89.7 Å². The summed E-state index contributed by atoms with van der Waals surface area (Å²) in [6, 6.07) is 26.9. The molecule has 0 aliphatic rings. The molecule has 0 saturated carbocycles. The first-order valence-electron chi connectivity index (χ1n) is 10.6. The molecule has 5 rings (SSSR count). The monoisotopic (exact) mass is 435 g/mol. The molecule has 162 valence electrons. The fourth-order valence-electron chi connectivity index (χ4n) is 3.76. The van der Waals surface area contributed by atoms with E-state index in [1.165, 1.54) is 10.8 Å². The first-order chi connectivity index (χ1) is 16.2. The van der Waals surface area contributed by atoms with E-state index < -0.39 is 0 Å². The molecule has 0 aliphatic carbocycles. The van der Waals surface area contributed by atoms with E-state index >= 15 is 0 Å². The maximum Gasteiger partial charge on any atom is 0.269 e. The second kappa shape index (κ2) is 8.92. The molecule has 0 saturated heterocycles. The van der Waals surface area contributed by atoms with Crippen LogP contribution in [0.25, 0.3) is 28.0 Å². The van der Waals surface area contributed by atoms with Crippen molar-refractivity contribution in [3.05, 3.63) is 113 Å². The number of hydrogen-bond acceptors (Lipinski definition) is 4. The molecule has 33 heavy (non-hydrogen) atoms.